The number of hydrogen-bond donors (Lipinski definition) is 1. The van der Waals surface area contributed by atoms with E-state index >= 15 is 0 Å². The third-order valence-electron chi connectivity index (χ3n) is 2.77. The summed E-state index contributed by atoms with van der Waals surface area (Å²) in [6.45, 7) is 4.38. The van der Waals surface area contributed by atoms with E-state index < -0.39 is 0 Å². The first-order valence-corrected chi connectivity index (χ1v) is 6.59. The highest BCUT2D eigenvalue weighted by molar-refractivity contribution is 5.78. The van der Waals surface area contributed by atoms with E-state index in [2.05, 4.69) is 23.9 Å². The maximum atomic E-state index is 11.5. The molecule has 1 aromatic carbocycles. The van der Waals surface area contributed by atoms with Crippen molar-refractivity contribution in [3.05, 3.63) is 29.8 Å². The lowest BCUT2D eigenvalue weighted by molar-refractivity contribution is -0.140. The van der Waals surface area contributed by atoms with E-state index in [-0.39, 0.29) is 31.4 Å². The SMILES string of the molecule is COC(=O)CCNC(=O)COc1cccc(C(C)C)c1. The molecule has 0 aromatic heterocycles. The van der Waals surface area contributed by atoms with Gasteiger partial charge in [-0.05, 0) is 23.6 Å². The highest BCUT2D eigenvalue weighted by atomic mass is 16.5. The second kappa shape index (κ2) is 8.19. The van der Waals surface area contributed by atoms with E-state index in [0.29, 0.717) is 11.7 Å². The van der Waals surface area contributed by atoms with Gasteiger partial charge in [-0.2, -0.15) is 0 Å². The first-order valence-electron chi connectivity index (χ1n) is 6.59. The minimum Gasteiger partial charge on any atom is -0.484 e. The zero-order valence-corrected chi connectivity index (χ0v) is 12.1. The van der Waals surface area contributed by atoms with Gasteiger partial charge in [0, 0.05) is 6.54 Å². The summed E-state index contributed by atoms with van der Waals surface area (Å²) in [4.78, 5) is 22.4. The lowest BCUT2D eigenvalue weighted by Gasteiger charge is -2.10. The van der Waals surface area contributed by atoms with Crippen LogP contribution in [-0.2, 0) is 14.3 Å². The average molecular weight is 279 g/mol. The summed E-state index contributed by atoms with van der Waals surface area (Å²) in [6, 6.07) is 7.66. The Balaban J connectivity index is 2.34. The van der Waals surface area contributed by atoms with Crippen molar-refractivity contribution in [1.82, 2.24) is 5.32 Å². The largest absolute Gasteiger partial charge is 0.484 e. The molecule has 0 bridgehead atoms. The monoisotopic (exact) mass is 279 g/mol. The molecule has 0 fully saturated rings. The number of ether oxygens (including phenoxy) is 2. The summed E-state index contributed by atoms with van der Waals surface area (Å²) in [7, 11) is 1.31. The fourth-order valence-corrected chi connectivity index (χ4v) is 1.57. The second-order valence-corrected chi connectivity index (χ2v) is 4.69. The molecular weight excluding hydrogens is 258 g/mol. The molecule has 0 saturated heterocycles. The molecular formula is C15H21NO4. The number of esters is 1. The Morgan fingerprint density at radius 2 is 2.05 bits per heavy atom. The predicted molar refractivity (Wildman–Crippen MR) is 75.7 cm³/mol. The molecule has 0 saturated carbocycles. The van der Waals surface area contributed by atoms with Crippen LogP contribution in [0.25, 0.3) is 0 Å². The summed E-state index contributed by atoms with van der Waals surface area (Å²) in [5, 5.41) is 2.59. The maximum Gasteiger partial charge on any atom is 0.307 e. The van der Waals surface area contributed by atoms with Crippen LogP contribution in [0, 0.1) is 0 Å². The average Bonchev–Trinajstić information content (AvgIpc) is 2.45. The van der Waals surface area contributed by atoms with Crippen LogP contribution in [0.2, 0.25) is 0 Å². The fourth-order valence-electron chi connectivity index (χ4n) is 1.57. The van der Waals surface area contributed by atoms with Gasteiger partial charge in [0.15, 0.2) is 6.61 Å². The minimum atomic E-state index is -0.351. The molecule has 0 atom stereocenters. The molecule has 0 spiro atoms. The van der Waals surface area contributed by atoms with Crippen molar-refractivity contribution in [3.8, 4) is 5.75 Å². The molecule has 0 aliphatic carbocycles. The van der Waals surface area contributed by atoms with Gasteiger partial charge in [0.05, 0.1) is 13.5 Å². The second-order valence-electron chi connectivity index (χ2n) is 4.69. The topological polar surface area (TPSA) is 64.6 Å². The summed E-state index contributed by atoms with van der Waals surface area (Å²) in [5.74, 6) is 0.464. The Kier molecular flexibility index (Phi) is 6.56. The molecule has 20 heavy (non-hydrogen) atoms. The highest BCUT2D eigenvalue weighted by Crippen LogP contribution is 2.19. The van der Waals surface area contributed by atoms with Gasteiger partial charge in [0.25, 0.3) is 5.91 Å². The minimum absolute atomic E-state index is 0.0667. The van der Waals surface area contributed by atoms with E-state index in [9.17, 15) is 9.59 Å². The molecule has 110 valence electrons. The predicted octanol–water partition coefficient (Wildman–Crippen LogP) is 1.87. The van der Waals surface area contributed by atoms with Gasteiger partial charge >= 0.3 is 5.97 Å². The van der Waals surface area contributed by atoms with E-state index in [1.807, 2.05) is 24.3 Å². The van der Waals surface area contributed by atoms with Crippen LogP contribution in [0.1, 0.15) is 31.7 Å². The van der Waals surface area contributed by atoms with Crippen LogP contribution < -0.4 is 10.1 Å². The normalized spacial score (nSPS) is 10.2. The summed E-state index contributed by atoms with van der Waals surface area (Å²) in [5.41, 5.74) is 1.16. The Morgan fingerprint density at radius 3 is 2.70 bits per heavy atom. The van der Waals surface area contributed by atoms with Crippen molar-refractivity contribution in [1.29, 1.82) is 0 Å². The molecule has 0 aliphatic heterocycles. The molecule has 5 heteroatoms. The van der Waals surface area contributed by atoms with Crippen molar-refractivity contribution in [3.63, 3.8) is 0 Å². The quantitative estimate of drug-likeness (QED) is 0.774. The van der Waals surface area contributed by atoms with Gasteiger partial charge in [-0.15, -0.1) is 0 Å². The molecule has 0 unspecified atom stereocenters. The summed E-state index contributed by atoms with van der Waals surface area (Å²) >= 11 is 0. The first-order chi connectivity index (χ1) is 9.52. The van der Waals surface area contributed by atoms with E-state index in [0.717, 1.165) is 5.56 Å². The Labute approximate surface area is 119 Å². The van der Waals surface area contributed by atoms with Gasteiger partial charge in [0.1, 0.15) is 5.75 Å². The Morgan fingerprint density at radius 1 is 1.30 bits per heavy atom. The Hall–Kier alpha value is -2.04. The molecule has 1 rings (SSSR count). The number of amides is 1. The molecule has 0 aliphatic rings. The van der Waals surface area contributed by atoms with Crippen LogP contribution in [0.4, 0.5) is 0 Å². The van der Waals surface area contributed by atoms with Crippen LogP contribution in [0.15, 0.2) is 24.3 Å². The lowest BCUT2D eigenvalue weighted by atomic mass is 10.0. The number of carbonyl (C=O) groups excluding carboxylic acids is 2. The lowest BCUT2D eigenvalue weighted by Crippen LogP contribution is -2.30. The maximum absolute atomic E-state index is 11.5. The summed E-state index contributed by atoms with van der Waals surface area (Å²) in [6.07, 6.45) is 0.158. The molecule has 0 radical (unpaired) electrons. The van der Waals surface area contributed by atoms with Crippen LogP contribution in [-0.4, -0.2) is 32.1 Å². The van der Waals surface area contributed by atoms with Gasteiger partial charge in [-0.3, -0.25) is 9.59 Å². The third kappa shape index (κ3) is 5.73. The van der Waals surface area contributed by atoms with Crippen molar-refractivity contribution in [2.75, 3.05) is 20.3 Å². The number of carbonyl (C=O) groups is 2. The van der Waals surface area contributed by atoms with Crippen molar-refractivity contribution < 1.29 is 19.1 Å². The molecule has 0 heterocycles. The van der Waals surface area contributed by atoms with Gasteiger partial charge < -0.3 is 14.8 Å². The highest BCUT2D eigenvalue weighted by Gasteiger charge is 2.06. The molecule has 1 aromatic rings. The molecule has 1 N–H and O–H groups in total. The van der Waals surface area contributed by atoms with Crippen molar-refractivity contribution >= 4 is 11.9 Å². The van der Waals surface area contributed by atoms with Gasteiger partial charge in [0.2, 0.25) is 0 Å². The smallest absolute Gasteiger partial charge is 0.307 e. The first kappa shape index (κ1) is 16.0. The molecule has 5 nitrogen and oxygen atoms in total. The van der Waals surface area contributed by atoms with Crippen LogP contribution in [0.5, 0.6) is 5.75 Å². The number of hydrogen-bond acceptors (Lipinski definition) is 4. The van der Waals surface area contributed by atoms with Crippen LogP contribution in [0.3, 0.4) is 0 Å². The zero-order chi connectivity index (χ0) is 15.0. The number of nitrogens with one attached hydrogen (secondary N) is 1. The van der Waals surface area contributed by atoms with E-state index in [1.54, 1.807) is 0 Å². The van der Waals surface area contributed by atoms with Gasteiger partial charge in [-0.25, -0.2) is 0 Å². The Bertz CT molecular complexity index is 457. The number of rotatable bonds is 7. The van der Waals surface area contributed by atoms with Gasteiger partial charge in [-0.1, -0.05) is 26.0 Å². The fraction of sp³-hybridized carbons (Fsp3) is 0.467. The zero-order valence-electron chi connectivity index (χ0n) is 12.1. The van der Waals surface area contributed by atoms with Crippen LogP contribution >= 0.6 is 0 Å². The standard InChI is InChI=1S/C15H21NO4/c1-11(2)12-5-4-6-13(9-12)20-10-14(17)16-8-7-15(18)19-3/h4-6,9,11H,7-8,10H2,1-3H3,(H,16,17). The van der Waals surface area contributed by atoms with E-state index in [4.69, 9.17) is 4.74 Å². The number of methoxy groups -OCH3 is 1. The molecule has 1 amide bonds. The number of benzene rings is 1. The summed E-state index contributed by atoms with van der Waals surface area (Å²) < 4.78 is 9.89. The third-order valence-corrected chi connectivity index (χ3v) is 2.77. The van der Waals surface area contributed by atoms with Crippen molar-refractivity contribution in [2.24, 2.45) is 0 Å². The van der Waals surface area contributed by atoms with E-state index in [1.165, 1.54) is 7.11 Å². The van der Waals surface area contributed by atoms with Crippen molar-refractivity contribution in [2.45, 2.75) is 26.2 Å².